The van der Waals surface area contributed by atoms with Gasteiger partial charge in [0.05, 0.1) is 18.1 Å². The van der Waals surface area contributed by atoms with Gasteiger partial charge in [0.1, 0.15) is 0 Å². The van der Waals surface area contributed by atoms with Gasteiger partial charge in [-0.1, -0.05) is 66.9 Å². The first-order chi connectivity index (χ1) is 6.47. The topological polar surface area (TPSA) is 0 Å². The molecule has 14 heavy (non-hydrogen) atoms. The van der Waals surface area contributed by atoms with Crippen molar-refractivity contribution in [2.45, 2.75) is 32.5 Å². The maximum Gasteiger partial charge on any atom is 0.0806 e. The maximum atomic E-state index is 6.01. The lowest BCUT2D eigenvalue weighted by Crippen LogP contribution is -2.40. The highest BCUT2D eigenvalue weighted by molar-refractivity contribution is 6.89. The Morgan fingerprint density at radius 2 is 1.79 bits per heavy atom. The number of hydrogen-bond donors (Lipinski definition) is 0. The molecule has 78 valence electrons. The second-order valence-electron chi connectivity index (χ2n) is 4.26. The van der Waals surface area contributed by atoms with E-state index in [1.165, 1.54) is 17.7 Å². The second-order valence-corrected chi connectivity index (χ2v) is 9.92. The van der Waals surface area contributed by atoms with Crippen LogP contribution in [-0.2, 0) is 0 Å². The fourth-order valence-electron chi connectivity index (χ4n) is 1.69. The number of hydrogen-bond acceptors (Lipinski definition) is 0. The van der Waals surface area contributed by atoms with Gasteiger partial charge in [0.15, 0.2) is 0 Å². The summed E-state index contributed by atoms with van der Waals surface area (Å²) in [4.78, 5) is 0. The number of halogens is 2. The van der Waals surface area contributed by atoms with Crippen molar-refractivity contribution in [3.8, 4) is 0 Å². The third-order valence-electron chi connectivity index (χ3n) is 2.58. The van der Waals surface area contributed by atoms with Gasteiger partial charge in [0, 0.05) is 0 Å². The van der Waals surface area contributed by atoms with Crippen LogP contribution < -0.4 is 5.19 Å². The molecule has 0 spiro atoms. The van der Waals surface area contributed by atoms with E-state index in [9.17, 15) is 0 Å². The minimum absolute atomic E-state index is 0.650. The normalized spacial score (nSPS) is 11.8. The van der Waals surface area contributed by atoms with Crippen molar-refractivity contribution in [1.82, 2.24) is 0 Å². The maximum absolute atomic E-state index is 6.01. The van der Waals surface area contributed by atoms with Gasteiger partial charge in [-0.05, 0) is 12.1 Å². The third-order valence-corrected chi connectivity index (χ3v) is 6.94. The van der Waals surface area contributed by atoms with E-state index in [-0.39, 0.29) is 0 Å². The summed E-state index contributed by atoms with van der Waals surface area (Å²) in [7, 11) is -1.28. The Bertz CT molecular complexity index is 321. The molecule has 1 aromatic rings. The first-order valence-electron chi connectivity index (χ1n) is 4.93. The molecule has 0 heterocycles. The van der Waals surface area contributed by atoms with Gasteiger partial charge in [-0.15, -0.1) is 0 Å². The molecule has 0 aromatic heterocycles. The van der Waals surface area contributed by atoms with Crippen molar-refractivity contribution in [2.24, 2.45) is 0 Å². The molecule has 0 aliphatic carbocycles. The largest absolute Gasteiger partial charge is 0.0827 e. The third kappa shape index (κ3) is 2.75. The lowest BCUT2D eigenvalue weighted by molar-refractivity contribution is 1.05. The fourth-order valence-corrected chi connectivity index (χ4v) is 4.68. The molecule has 1 rings (SSSR count). The quantitative estimate of drug-likeness (QED) is 0.698. The Hall–Kier alpha value is 0.0169. The lowest BCUT2D eigenvalue weighted by Gasteiger charge is -2.22. The lowest BCUT2D eigenvalue weighted by atomic mass is 10.4. The number of rotatable bonds is 3. The van der Waals surface area contributed by atoms with Gasteiger partial charge in [-0.2, -0.15) is 0 Å². The van der Waals surface area contributed by atoms with Gasteiger partial charge >= 0.3 is 0 Å². The van der Waals surface area contributed by atoms with E-state index >= 15 is 0 Å². The molecule has 0 unspecified atom stereocenters. The second kappa shape index (κ2) is 4.69. The number of benzene rings is 1. The molecule has 1 aromatic carbocycles. The van der Waals surface area contributed by atoms with Crippen LogP contribution in [0.2, 0.25) is 29.2 Å². The molecule has 0 bridgehead atoms. The van der Waals surface area contributed by atoms with E-state index in [0.29, 0.717) is 10.0 Å². The van der Waals surface area contributed by atoms with Crippen LogP contribution in [0.5, 0.6) is 0 Å². The van der Waals surface area contributed by atoms with Gasteiger partial charge < -0.3 is 0 Å². The molecule has 0 atom stereocenters. The van der Waals surface area contributed by atoms with Crippen molar-refractivity contribution >= 4 is 36.5 Å². The molecule has 0 nitrogen and oxygen atoms in total. The first-order valence-corrected chi connectivity index (χ1v) is 8.89. The average Bonchev–Trinajstić information content (AvgIpc) is 2.09. The van der Waals surface area contributed by atoms with Crippen LogP contribution in [0.4, 0.5) is 0 Å². The SMILES string of the molecule is CCC[Si](C)(C)c1ccc(Cl)c(Cl)c1. The highest BCUT2D eigenvalue weighted by Crippen LogP contribution is 2.22. The van der Waals surface area contributed by atoms with E-state index in [1.807, 2.05) is 12.1 Å². The minimum atomic E-state index is -1.28. The smallest absolute Gasteiger partial charge is 0.0806 e. The van der Waals surface area contributed by atoms with E-state index in [1.54, 1.807) is 0 Å². The van der Waals surface area contributed by atoms with Gasteiger partial charge in [0.25, 0.3) is 0 Å². The Morgan fingerprint density at radius 3 is 2.29 bits per heavy atom. The summed E-state index contributed by atoms with van der Waals surface area (Å²) in [6, 6.07) is 7.36. The van der Waals surface area contributed by atoms with E-state index in [4.69, 9.17) is 23.2 Å². The standard InChI is InChI=1S/C11H16Cl2Si/c1-4-7-14(2,3)9-5-6-10(12)11(13)8-9/h5-6,8H,4,7H2,1-3H3. The monoisotopic (exact) mass is 246 g/mol. The van der Waals surface area contributed by atoms with Crippen molar-refractivity contribution in [2.75, 3.05) is 0 Å². The highest BCUT2D eigenvalue weighted by atomic mass is 35.5. The highest BCUT2D eigenvalue weighted by Gasteiger charge is 2.22. The molecular weight excluding hydrogens is 231 g/mol. The molecule has 0 aliphatic heterocycles. The predicted molar refractivity (Wildman–Crippen MR) is 68.7 cm³/mol. The van der Waals surface area contributed by atoms with Crippen LogP contribution in [0.3, 0.4) is 0 Å². The van der Waals surface area contributed by atoms with Crippen LogP contribution in [0.25, 0.3) is 0 Å². The predicted octanol–water partition coefficient (Wildman–Crippen LogP) is 4.32. The molecule has 0 radical (unpaired) electrons. The van der Waals surface area contributed by atoms with Crippen LogP contribution in [0, 0.1) is 0 Å². The zero-order chi connectivity index (χ0) is 10.8. The van der Waals surface area contributed by atoms with Crippen LogP contribution in [0.15, 0.2) is 18.2 Å². The Morgan fingerprint density at radius 1 is 1.14 bits per heavy atom. The van der Waals surface area contributed by atoms with Crippen molar-refractivity contribution in [3.05, 3.63) is 28.2 Å². The molecule has 3 heteroatoms. The van der Waals surface area contributed by atoms with Gasteiger partial charge in [0.2, 0.25) is 0 Å². The van der Waals surface area contributed by atoms with Crippen LogP contribution in [0.1, 0.15) is 13.3 Å². The molecule has 0 amide bonds. The summed E-state index contributed by atoms with van der Waals surface area (Å²) < 4.78 is 0. The summed E-state index contributed by atoms with van der Waals surface area (Å²) in [5.41, 5.74) is 0. The summed E-state index contributed by atoms with van der Waals surface area (Å²) in [5.74, 6) is 0. The zero-order valence-corrected chi connectivity index (χ0v) is 11.4. The molecule has 0 N–H and O–H groups in total. The van der Waals surface area contributed by atoms with E-state index in [2.05, 4.69) is 26.1 Å². The first kappa shape index (κ1) is 12.1. The van der Waals surface area contributed by atoms with Gasteiger partial charge in [-0.3, -0.25) is 0 Å². The zero-order valence-electron chi connectivity index (χ0n) is 8.90. The molecule has 0 saturated heterocycles. The van der Waals surface area contributed by atoms with Crippen molar-refractivity contribution in [1.29, 1.82) is 0 Å². The van der Waals surface area contributed by atoms with E-state index < -0.39 is 8.07 Å². The van der Waals surface area contributed by atoms with E-state index in [0.717, 1.165) is 0 Å². The average molecular weight is 247 g/mol. The summed E-state index contributed by atoms with van der Waals surface area (Å²) in [5, 5.41) is 2.73. The Kier molecular flexibility index (Phi) is 4.05. The van der Waals surface area contributed by atoms with Crippen molar-refractivity contribution in [3.63, 3.8) is 0 Å². The Balaban J connectivity index is 3.01. The minimum Gasteiger partial charge on any atom is -0.0827 e. The molecule has 0 saturated carbocycles. The Labute approximate surface area is 97.2 Å². The van der Waals surface area contributed by atoms with Crippen LogP contribution >= 0.6 is 23.2 Å². The summed E-state index contributed by atoms with van der Waals surface area (Å²) in [6.07, 6.45) is 1.24. The molecule has 0 aliphatic rings. The summed E-state index contributed by atoms with van der Waals surface area (Å²) >= 11 is 11.9. The van der Waals surface area contributed by atoms with Crippen LogP contribution in [-0.4, -0.2) is 8.07 Å². The fraction of sp³-hybridized carbons (Fsp3) is 0.455. The van der Waals surface area contributed by atoms with Crippen molar-refractivity contribution < 1.29 is 0 Å². The van der Waals surface area contributed by atoms with Gasteiger partial charge in [-0.25, -0.2) is 0 Å². The summed E-state index contributed by atoms with van der Waals surface area (Å²) in [6.45, 7) is 6.97. The molecular formula is C11H16Cl2Si. The molecule has 0 fully saturated rings.